The molecule has 0 spiro atoms. The van der Waals surface area contributed by atoms with Crippen molar-refractivity contribution in [3.63, 3.8) is 0 Å². The highest BCUT2D eigenvalue weighted by atomic mass is 127. The lowest BCUT2D eigenvalue weighted by molar-refractivity contribution is -0.130. The quantitative estimate of drug-likeness (QED) is 0.174. The standard InChI is InChI=1S/C20H28IN3O5.C8H12BrNO2.C7H9IN2O.ClH/c1-20(2,3)29-19(26)24(11-14-28-17-7-6-16(21)15-22-17)8-4-5-18(25)23-9-12-27-13-10-23;9-3-1-2-8(11)10-4-6-12-7-5-10;8-6-1-2-7(10-5-6)11-4-3-9;/h4-7,15H,8-14H2,1-3H3;1-2H,3-7H2;1-2,5H,3-4,9H2;1H/b5-4+;2-1+;;. The Morgan fingerprint density at radius 2 is 1.32 bits per heavy atom. The molecule has 296 valence electrons. The van der Waals surface area contributed by atoms with Gasteiger partial charge in [-0.3, -0.25) is 9.59 Å². The van der Waals surface area contributed by atoms with Crippen molar-refractivity contribution in [1.29, 1.82) is 0 Å². The second-order valence-corrected chi connectivity index (χ2v) is 15.0. The van der Waals surface area contributed by atoms with E-state index in [1.54, 1.807) is 46.5 Å². The molecule has 18 heteroatoms. The van der Waals surface area contributed by atoms with Gasteiger partial charge in [-0.1, -0.05) is 28.1 Å². The van der Waals surface area contributed by atoms with Crippen molar-refractivity contribution in [3.8, 4) is 11.8 Å². The van der Waals surface area contributed by atoms with Gasteiger partial charge in [0, 0.05) is 82.3 Å². The van der Waals surface area contributed by atoms with E-state index in [4.69, 9.17) is 29.4 Å². The van der Waals surface area contributed by atoms with Crippen LogP contribution in [0.1, 0.15) is 20.8 Å². The maximum absolute atomic E-state index is 12.5. The first-order valence-corrected chi connectivity index (χ1v) is 20.0. The fraction of sp³-hybridized carbons (Fsp3) is 0.514. The highest BCUT2D eigenvalue weighted by Crippen LogP contribution is 2.12. The van der Waals surface area contributed by atoms with E-state index in [-0.39, 0.29) is 37.4 Å². The first-order valence-electron chi connectivity index (χ1n) is 16.7. The molecule has 0 unspecified atom stereocenters. The van der Waals surface area contributed by atoms with Crippen molar-refractivity contribution in [2.45, 2.75) is 26.4 Å². The Hall–Kier alpha value is -2.30. The molecule has 0 aliphatic carbocycles. The first-order chi connectivity index (χ1) is 24.9. The first kappa shape index (κ1) is 48.7. The minimum atomic E-state index is -0.610. The minimum absolute atomic E-state index is 0. The predicted molar refractivity (Wildman–Crippen MR) is 226 cm³/mol. The fourth-order valence-corrected chi connectivity index (χ4v) is 4.93. The molecule has 0 bridgehead atoms. The molecule has 0 atom stereocenters. The van der Waals surface area contributed by atoms with Crippen molar-refractivity contribution in [3.05, 3.63) is 68.1 Å². The van der Waals surface area contributed by atoms with Gasteiger partial charge in [0.25, 0.3) is 0 Å². The maximum atomic E-state index is 12.5. The van der Waals surface area contributed by atoms with Gasteiger partial charge in [-0.25, -0.2) is 14.8 Å². The number of allylic oxidation sites excluding steroid dienone is 1. The van der Waals surface area contributed by atoms with Crippen LogP contribution in [0.4, 0.5) is 4.79 Å². The number of nitrogens with two attached hydrogens (primary N) is 1. The average Bonchev–Trinajstić information content (AvgIpc) is 3.14. The van der Waals surface area contributed by atoms with E-state index in [0.29, 0.717) is 84.1 Å². The number of carbonyl (C=O) groups excluding carboxylic acids is 3. The van der Waals surface area contributed by atoms with Crippen LogP contribution in [0.2, 0.25) is 0 Å². The average molecular weight is 1050 g/mol. The number of alkyl halides is 1. The summed E-state index contributed by atoms with van der Waals surface area (Å²) in [5.74, 6) is 1.12. The summed E-state index contributed by atoms with van der Waals surface area (Å²) in [6.07, 6.45) is 9.57. The van der Waals surface area contributed by atoms with Crippen LogP contribution in [-0.2, 0) is 23.8 Å². The Bertz CT molecular complexity index is 1390. The second kappa shape index (κ2) is 28.2. The molecule has 4 rings (SSSR count). The molecule has 2 aromatic rings. The Kier molecular flexibility index (Phi) is 25.9. The summed E-state index contributed by atoms with van der Waals surface area (Å²) in [6.45, 7) is 12.3. The van der Waals surface area contributed by atoms with E-state index in [1.807, 2.05) is 39.0 Å². The minimum Gasteiger partial charge on any atom is -0.476 e. The van der Waals surface area contributed by atoms with Gasteiger partial charge in [-0.15, -0.1) is 12.4 Å². The van der Waals surface area contributed by atoms with Gasteiger partial charge in [-0.2, -0.15) is 0 Å². The predicted octanol–water partition coefficient (Wildman–Crippen LogP) is 4.96. The number of ether oxygens (including phenoxy) is 5. The SMILES string of the molecule is CC(C)(C)OC(=O)N(C/C=C/C(=O)N1CCOCC1)CCOc1ccc(I)cn1.Cl.NCCOc1ccc(I)cn1.O=C(/C=C/CBr)N1CCOCC1. The number of nitrogens with zero attached hydrogens (tertiary/aromatic N) is 5. The number of halogens is 4. The van der Waals surface area contributed by atoms with Gasteiger partial charge >= 0.3 is 6.09 Å². The van der Waals surface area contributed by atoms with E-state index in [1.165, 1.54) is 11.0 Å². The van der Waals surface area contributed by atoms with Crippen LogP contribution < -0.4 is 15.2 Å². The Balaban J connectivity index is 0.000000478. The number of aromatic nitrogens is 2. The van der Waals surface area contributed by atoms with Gasteiger partial charge in [0.1, 0.15) is 18.8 Å². The van der Waals surface area contributed by atoms with E-state index in [0.717, 1.165) is 12.5 Å². The summed E-state index contributed by atoms with van der Waals surface area (Å²) in [7, 11) is 0. The van der Waals surface area contributed by atoms with Crippen LogP contribution in [0.15, 0.2) is 61.0 Å². The smallest absolute Gasteiger partial charge is 0.410 e. The molecule has 4 heterocycles. The summed E-state index contributed by atoms with van der Waals surface area (Å²) in [5, 5.41) is 0.725. The summed E-state index contributed by atoms with van der Waals surface area (Å²) in [5.41, 5.74) is 4.64. The zero-order valence-electron chi connectivity index (χ0n) is 30.3. The summed E-state index contributed by atoms with van der Waals surface area (Å²) in [6, 6.07) is 7.45. The normalized spacial score (nSPS) is 14.2. The second-order valence-electron chi connectivity index (χ2n) is 11.9. The van der Waals surface area contributed by atoms with Crippen molar-refractivity contribution in [2.75, 3.05) is 90.8 Å². The lowest BCUT2D eigenvalue weighted by Crippen LogP contribution is -2.40. The largest absolute Gasteiger partial charge is 0.476 e. The molecule has 14 nitrogen and oxygen atoms in total. The lowest BCUT2D eigenvalue weighted by Gasteiger charge is -2.27. The van der Waals surface area contributed by atoms with E-state index >= 15 is 0 Å². The Morgan fingerprint density at radius 1 is 0.849 bits per heavy atom. The molecular weight excluding hydrogens is 1000 g/mol. The van der Waals surface area contributed by atoms with Crippen molar-refractivity contribution in [2.24, 2.45) is 5.73 Å². The molecule has 0 radical (unpaired) electrons. The third-order valence-electron chi connectivity index (χ3n) is 6.61. The molecule has 2 aromatic heterocycles. The number of carbonyl (C=O) groups is 3. The van der Waals surface area contributed by atoms with Gasteiger partial charge in [0.15, 0.2) is 0 Å². The number of amides is 3. The van der Waals surface area contributed by atoms with Crippen LogP contribution in [-0.4, -0.2) is 139 Å². The van der Waals surface area contributed by atoms with Gasteiger partial charge < -0.3 is 44.1 Å². The summed E-state index contributed by atoms with van der Waals surface area (Å²) < 4.78 is 28.7. The van der Waals surface area contributed by atoms with E-state index < -0.39 is 11.7 Å². The lowest BCUT2D eigenvalue weighted by atomic mass is 10.2. The Morgan fingerprint density at radius 3 is 1.74 bits per heavy atom. The zero-order chi connectivity index (χ0) is 38.2. The van der Waals surface area contributed by atoms with Crippen LogP contribution in [0.25, 0.3) is 0 Å². The van der Waals surface area contributed by atoms with Gasteiger partial charge in [-0.05, 0) is 84.2 Å². The van der Waals surface area contributed by atoms with Crippen LogP contribution in [0.5, 0.6) is 11.8 Å². The van der Waals surface area contributed by atoms with Crippen LogP contribution in [0.3, 0.4) is 0 Å². The monoisotopic (exact) mass is 1050 g/mol. The van der Waals surface area contributed by atoms with Crippen molar-refractivity contribution >= 4 is 91.4 Å². The highest BCUT2D eigenvalue weighted by molar-refractivity contribution is 14.1. The van der Waals surface area contributed by atoms with E-state index in [9.17, 15) is 14.4 Å². The van der Waals surface area contributed by atoms with E-state index in [2.05, 4.69) is 71.1 Å². The Labute approximate surface area is 354 Å². The van der Waals surface area contributed by atoms with Crippen LogP contribution in [0, 0.1) is 7.14 Å². The highest BCUT2D eigenvalue weighted by Gasteiger charge is 2.22. The fourth-order valence-electron chi connectivity index (χ4n) is 4.11. The number of rotatable bonds is 12. The topological polar surface area (TPSA) is 159 Å². The summed E-state index contributed by atoms with van der Waals surface area (Å²) >= 11 is 7.58. The van der Waals surface area contributed by atoms with Gasteiger partial charge in [0.2, 0.25) is 23.6 Å². The number of hydrogen-bond acceptors (Lipinski definition) is 11. The number of hydrogen-bond donors (Lipinski definition) is 1. The number of morpholine rings is 2. The zero-order valence-corrected chi connectivity index (χ0v) is 37.0. The van der Waals surface area contributed by atoms with Crippen molar-refractivity contribution in [1.82, 2.24) is 24.7 Å². The molecule has 0 aromatic carbocycles. The molecule has 2 aliphatic heterocycles. The third-order valence-corrected chi connectivity index (χ3v) is 8.26. The molecule has 3 amide bonds. The molecule has 53 heavy (non-hydrogen) atoms. The van der Waals surface area contributed by atoms with Crippen molar-refractivity contribution < 1.29 is 38.1 Å². The van der Waals surface area contributed by atoms with Gasteiger partial charge in [0.05, 0.1) is 33.0 Å². The molecule has 2 fully saturated rings. The van der Waals surface area contributed by atoms with Crippen LogP contribution >= 0.6 is 73.5 Å². The number of pyridine rings is 2. The maximum Gasteiger partial charge on any atom is 0.410 e. The molecule has 0 saturated carbocycles. The molecule has 2 saturated heterocycles. The summed E-state index contributed by atoms with van der Waals surface area (Å²) in [4.78, 5) is 49.3. The molecule has 2 N–H and O–H groups in total. The molecule has 2 aliphatic rings. The molecular formula is C35H50BrClI2N6O8. The third kappa shape index (κ3) is 22.6.